The lowest BCUT2D eigenvalue weighted by molar-refractivity contribution is 0.0856. The predicted octanol–water partition coefficient (Wildman–Crippen LogP) is 27.9. The molecule has 0 aromatic heterocycles. The fraction of sp³-hybridized carbons (Fsp3) is 0.700. The largest absolute Gasteiger partial charge is 0.393 e. The fourth-order valence-corrected chi connectivity index (χ4v) is 26.5. The van der Waals surface area contributed by atoms with Gasteiger partial charge in [0.1, 0.15) is 0 Å². The van der Waals surface area contributed by atoms with Crippen LogP contribution in [0.2, 0.25) is 0 Å². The van der Waals surface area contributed by atoms with Gasteiger partial charge >= 0.3 is 0 Å². The fourth-order valence-electron chi connectivity index (χ4n) is 26.5. The molecule has 8 fully saturated rings. The molecule has 0 heterocycles. The third-order valence-corrected chi connectivity index (χ3v) is 34.4. The minimum absolute atomic E-state index is 0.162. The van der Waals surface area contributed by atoms with Crippen LogP contribution in [-0.4, -0.2) is 141 Å². The Morgan fingerprint density at radius 2 is 0.508 bits per heavy atom. The summed E-state index contributed by atoms with van der Waals surface area (Å²) in [5.41, 5.74) is 27.0. The number of nitrogens with zero attached hydrogens (tertiary/aromatic N) is 4. The SMILES string of the molecule is C=C1/C(=C\C=C2/CCC[C@]3(C)C([C@H](C)CCCC(=NC)C(C)(C)C)=CC[C@@H]23)C[C@@H](O)C[C@@H]1O.C=C1/C(=C\C=C2/CCC[C@]3(C)C([C@H](C)CCCC(=NC)C(C)(C)C)=CC[C@@H]23)C[C@@H](O)C[C@@H]1O.C=C1/C(=C\C=C2/CCC[C@]3(C)C([C@H](C)CCCC(=NC)C(C)(C)C)=CC[C@@H]23)C[C@H](O)C[C@H]1O.C=C1/C(=C\C=C2/CCC[C@]3(C)C([C@H](C)CCCC(=NC)C(C)(C)C)=CC[C@@H]23)C[C@H](O)C[C@H]1O. The van der Waals surface area contributed by atoms with E-state index in [2.05, 4.69) is 258 Å². The van der Waals surface area contributed by atoms with Gasteiger partial charge in [0.2, 0.25) is 0 Å². The summed E-state index contributed by atoms with van der Waals surface area (Å²) in [6, 6.07) is 0. The Labute approximate surface area is 804 Å². The topological polar surface area (TPSA) is 211 Å². The Morgan fingerprint density at radius 3 is 0.674 bits per heavy atom. The smallest absolute Gasteiger partial charge is 0.0811 e. The van der Waals surface area contributed by atoms with Crippen molar-refractivity contribution in [1.29, 1.82) is 0 Å². The lowest BCUT2D eigenvalue weighted by Gasteiger charge is -2.42. The number of hydrogen-bond donors (Lipinski definition) is 8. The zero-order valence-electron chi connectivity index (χ0n) is 87.8. The summed E-state index contributed by atoms with van der Waals surface area (Å²) >= 11 is 0. The molecule has 12 aliphatic carbocycles. The van der Waals surface area contributed by atoms with Crippen molar-refractivity contribution in [3.05, 3.63) is 188 Å². The van der Waals surface area contributed by atoms with E-state index >= 15 is 0 Å². The van der Waals surface area contributed by atoms with Gasteiger partial charge in [-0.05, 0) is 341 Å². The summed E-state index contributed by atoms with van der Waals surface area (Å²) < 4.78 is 0. The van der Waals surface area contributed by atoms with Crippen LogP contribution in [0.5, 0.6) is 0 Å². The molecule has 736 valence electrons. The molecule has 0 saturated heterocycles. The van der Waals surface area contributed by atoms with Gasteiger partial charge in [-0.25, -0.2) is 0 Å². The maximum Gasteiger partial charge on any atom is 0.0811 e. The lowest BCUT2D eigenvalue weighted by atomic mass is 9.62. The predicted molar refractivity (Wildman–Crippen MR) is 562 cm³/mol. The van der Waals surface area contributed by atoms with Crippen molar-refractivity contribution in [2.45, 2.75) is 418 Å². The highest BCUT2D eigenvalue weighted by Gasteiger charge is 2.51. The van der Waals surface area contributed by atoms with Crippen molar-refractivity contribution < 1.29 is 40.9 Å². The first-order valence-corrected chi connectivity index (χ1v) is 52.3. The number of aliphatic hydroxyl groups excluding tert-OH is 8. The standard InChI is InChI=1S/4C30H47NO2/c4*1-20(10-8-12-28(31-7)29(3,4)5)25-15-16-26-22(11-9-17-30(25,26)6)13-14-23-18-24(32)19-27(33)21(23)2/h4*13-15,20,24,26-27,32-33H,2,8-12,16-19H2,1,3-7H3/b4*22-13+,23-14-,31-28?/t2*20-,24+,26+,27-,30-;2*20-,24-,26+,27+,30-/m1111/s1. The van der Waals surface area contributed by atoms with Gasteiger partial charge in [-0.15, -0.1) is 0 Å². The summed E-state index contributed by atoms with van der Waals surface area (Å²) in [4.78, 5) is 18.3. The van der Waals surface area contributed by atoms with Gasteiger partial charge in [-0.3, -0.25) is 20.0 Å². The zero-order valence-corrected chi connectivity index (χ0v) is 87.8. The van der Waals surface area contributed by atoms with Gasteiger partial charge in [-0.2, -0.15) is 0 Å². The highest BCUT2D eigenvalue weighted by molar-refractivity contribution is 5.90. The zero-order chi connectivity index (χ0) is 97.6. The average molecular weight is 1810 g/mol. The first-order chi connectivity index (χ1) is 61.9. The molecule has 0 amide bonds. The van der Waals surface area contributed by atoms with E-state index in [0.717, 1.165) is 122 Å². The molecule has 0 spiro atoms. The van der Waals surface area contributed by atoms with Crippen LogP contribution in [0, 0.1) is 90.7 Å². The van der Waals surface area contributed by atoms with Crippen LogP contribution < -0.4 is 0 Å². The molecule has 0 unspecified atom stereocenters. The van der Waals surface area contributed by atoms with Crippen LogP contribution in [0.25, 0.3) is 0 Å². The maximum absolute atomic E-state index is 10.2. The Balaban J connectivity index is 0.000000198. The molecule has 0 aromatic carbocycles. The van der Waals surface area contributed by atoms with Gasteiger partial charge in [0.15, 0.2) is 0 Å². The second-order valence-electron chi connectivity index (χ2n) is 48.0. The van der Waals surface area contributed by atoms with E-state index < -0.39 is 48.8 Å². The number of allylic oxidation sites excluding steroid dienone is 20. The second-order valence-corrected chi connectivity index (χ2v) is 48.0. The molecule has 8 saturated carbocycles. The van der Waals surface area contributed by atoms with Gasteiger partial charge in [0.25, 0.3) is 0 Å². The quantitative estimate of drug-likeness (QED) is 0.0343. The minimum atomic E-state index is -0.618. The number of aliphatic imine (C=N–C) groups is 4. The molecular weight excluding hydrogens is 1630 g/mol. The van der Waals surface area contributed by atoms with E-state index in [0.29, 0.717) is 98.7 Å². The van der Waals surface area contributed by atoms with Crippen molar-refractivity contribution in [2.75, 3.05) is 28.2 Å². The van der Waals surface area contributed by atoms with Gasteiger partial charge < -0.3 is 40.9 Å². The molecule has 12 aliphatic rings. The summed E-state index contributed by atoms with van der Waals surface area (Å²) in [5.74, 6) is 4.75. The summed E-state index contributed by atoms with van der Waals surface area (Å²) in [6.45, 7) is 63.1. The Morgan fingerprint density at radius 1 is 0.326 bits per heavy atom. The van der Waals surface area contributed by atoms with Crippen molar-refractivity contribution in [1.82, 2.24) is 0 Å². The van der Waals surface area contributed by atoms with Crippen LogP contribution in [0.4, 0.5) is 0 Å². The highest BCUT2D eigenvalue weighted by Crippen LogP contribution is 2.62. The van der Waals surface area contributed by atoms with E-state index in [1.807, 2.05) is 28.2 Å². The van der Waals surface area contributed by atoms with E-state index in [-0.39, 0.29) is 43.3 Å². The van der Waals surface area contributed by atoms with Crippen molar-refractivity contribution in [3.63, 3.8) is 0 Å². The molecule has 0 aromatic rings. The third-order valence-electron chi connectivity index (χ3n) is 34.4. The van der Waals surface area contributed by atoms with Crippen molar-refractivity contribution in [2.24, 2.45) is 111 Å². The summed E-state index contributed by atoms with van der Waals surface area (Å²) in [5, 5.41) is 81.0. The van der Waals surface area contributed by atoms with E-state index in [9.17, 15) is 40.9 Å². The van der Waals surface area contributed by atoms with Crippen LogP contribution in [0.1, 0.15) is 370 Å². The van der Waals surface area contributed by atoms with E-state index in [1.54, 1.807) is 22.3 Å². The molecule has 8 N–H and O–H groups in total. The van der Waals surface area contributed by atoms with Crippen molar-refractivity contribution >= 4 is 22.8 Å². The van der Waals surface area contributed by atoms with E-state index in [4.69, 9.17) is 0 Å². The highest BCUT2D eigenvalue weighted by atomic mass is 16.3. The monoisotopic (exact) mass is 1810 g/mol. The third kappa shape index (κ3) is 27.4. The maximum atomic E-state index is 10.2. The molecule has 0 bridgehead atoms. The molecule has 12 rings (SSSR count). The Hall–Kier alpha value is -5.80. The first-order valence-electron chi connectivity index (χ1n) is 52.3. The van der Waals surface area contributed by atoms with Crippen LogP contribution in [0.15, 0.2) is 208 Å². The molecule has 132 heavy (non-hydrogen) atoms. The van der Waals surface area contributed by atoms with Gasteiger partial charge in [0.05, 0.1) is 48.8 Å². The molecule has 12 nitrogen and oxygen atoms in total. The Bertz CT molecular complexity index is 3980. The normalized spacial score (nSPS) is 34.5. The summed E-state index contributed by atoms with van der Waals surface area (Å²) in [6.07, 6.45) is 60.8. The second kappa shape index (κ2) is 47.2. The van der Waals surface area contributed by atoms with Gasteiger partial charge in [0, 0.05) is 76.7 Å². The van der Waals surface area contributed by atoms with E-state index in [1.165, 1.54) is 148 Å². The summed E-state index contributed by atoms with van der Waals surface area (Å²) in [7, 11) is 7.74. The van der Waals surface area contributed by atoms with Crippen LogP contribution in [-0.2, 0) is 0 Å². The average Bonchev–Trinajstić information content (AvgIpc) is 1.61. The molecular formula is C120H188N4O8. The molecule has 0 aliphatic heterocycles. The minimum Gasteiger partial charge on any atom is -0.393 e. The first kappa shape index (κ1) is 110. The number of fused-ring (bicyclic) bond motifs is 4. The van der Waals surface area contributed by atoms with Crippen molar-refractivity contribution in [3.8, 4) is 0 Å². The molecule has 20 atom stereocenters. The number of aliphatic hydroxyl groups is 8. The Kier molecular flexibility index (Phi) is 39.3. The lowest BCUT2D eigenvalue weighted by Crippen LogP contribution is -2.32. The molecule has 0 radical (unpaired) electrons. The van der Waals surface area contributed by atoms with Crippen LogP contribution in [0.3, 0.4) is 0 Å². The molecule has 12 heteroatoms. The van der Waals surface area contributed by atoms with Gasteiger partial charge in [-0.1, -0.05) is 282 Å². The number of rotatable bonds is 24. The number of hydrogen-bond acceptors (Lipinski definition) is 12. The van der Waals surface area contributed by atoms with Crippen LogP contribution >= 0.6 is 0 Å².